The van der Waals surface area contributed by atoms with Gasteiger partial charge in [-0.15, -0.1) is 12.3 Å². The normalized spacial score (nSPS) is 20.8. The van der Waals surface area contributed by atoms with Gasteiger partial charge in [0.1, 0.15) is 0 Å². The van der Waals surface area contributed by atoms with Gasteiger partial charge in [-0.2, -0.15) is 0 Å². The molecule has 0 heterocycles. The minimum absolute atomic E-state index is 0.979. The summed E-state index contributed by atoms with van der Waals surface area (Å²) in [5.74, 6) is 4.92. The molecule has 0 amide bonds. The Morgan fingerprint density at radius 2 is 1.25 bits per heavy atom. The Hall–Kier alpha value is -0.440. The zero-order valence-corrected chi connectivity index (χ0v) is 13.8. The highest BCUT2D eigenvalue weighted by Gasteiger charge is 2.34. The Morgan fingerprint density at radius 3 is 1.80 bits per heavy atom. The first kappa shape index (κ1) is 17.6. The Bertz CT molecular complexity index is 247. The molecule has 1 aliphatic rings. The first-order valence-corrected chi connectivity index (χ1v) is 9.32. The van der Waals surface area contributed by atoms with E-state index in [1.807, 2.05) is 0 Å². The van der Waals surface area contributed by atoms with Gasteiger partial charge in [0.2, 0.25) is 0 Å². The standard InChI is InChI=1S/C20H36/c1-3-5-7-9-10-11-13-15-17-20-18-19(20)16-14-12-8-6-4-2/h2,19-20H,3,5-18H2,1H3/t19-,20+/m1/s1. The second-order valence-electron chi connectivity index (χ2n) is 6.82. The third-order valence-corrected chi connectivity index (χ3v) is 4.89. The van der Waals surface area contributed by atoms with Crippen LogP contribution in [-0.4, -0.2) is 0 Å². The minimum Gasteiger partial charge on any atom is -0.120 e. The fraction of sp³-hybridized carbons (Fsp3) is 0.900. The highest BCUT2D eigenvalue weighted by molar-refractivity contribution is 4.86. The maximum absolute atomic E-state index is 5.27. The van der Waals surface area contributed by atoms with Crippen LogP contribution in [0.5, 0.6) is 0 Å². The lowest BCUT2D eigenvalue weighted by atomic mass is 10.0. The van der Waals surface area contributed by atoms with Gasteiger partial charge >= 0.3 is 0 Å². The molecule has 0 radical (unpaired) electrons. The highest BCUT2D eigenvalue weighted by atomic mass is 14.4. The molecule has 1 rings (SSSR count). The van der Waals surface area contributed by atoms with Crippen molar-refractivity contribution in [2.75, 3.05) is 0 Å². The Labute approximate surface area is 128 Å². The number of unbranched alkanes of at least 4 members (excludes halogenated alkanes) is 10. The van der Waals surface area contributed by atoms with Gasteiger partial charge in [-0.05, 0) is 24.7 Å². The first-order chi connectivity index (χ1) is 9.88. The van der Waals surface area contributed by atoms with Gasteiger partial charge in [-0.1, -0.05) is 84.0 Å². The largest absolute Gasteiger partial charge is 0.120 e. The molecule has 0 unspecified atom stereocenters. The summed E-state index contributed by atoms with van der Waals surface area (Å²) in [6.07, 6.45) is 26.4. The highest BCUT2D eigenvalue weighted by Crippen LogP contribution is 2.45. The van der Waals surface area contributed by atoms with Crippen LogP contribution in [0.25, 0.3) is 0 Å². The third kappa shape index (κ3) is 9.46. The minimum atomic E-state index is 0.979. The summed E-state index contributed by atoms with van der Waals surface area (Å²) in [6.45, 7) is 2.29. The maximum atomic E-state index is 5.27. The lowest BCUT2D eigenvalue weighted by Gasteiger charge is -2.02. The second-order valence-corrected chi connectivity index (χ2v) is 6.82. The SMILES string of the molecule is C#CCCCCC[C@@H]1C[C@@H]1CCCCCCCCCC. The van der Waals surface area contributed by atoms with E-state index in [1.54, 1.807) is 0 Å². The van der Waals surface area contributed by atoms with Crippen molar-refractivity contribution < 1.29 is 0 Å². The van der Waals surface area contributed by atoms with E-state index in [4.69, 9.17) is 6.42 Å². The summed E-state index contributed by atoms with van der Waals surface area (Å²) in [5.41, 5.74) is 0. The molecule has 2 atom stereocenters. The van der Waals surface area contributed by atoms with Crippen molar-refractivity contribution in [1.82, 2.24) is 0 Å². The smallest absolute Gasteiger partial charge is 0.00860 e. The molecular formula is C20H36. The molecule has 0 spiro atoms. The molecule has 0 aliphatic heterocycles. The van der Waals surface area contributed by atoms with Crippen LogP contribution in [0, 0.1) is 24.2 Å². The number of hydrogen-bond donors (Lipinski definition) is 0. The van der Waals surface area contributed by atoms with Crippen molar-refractivity contribution in [2.24, 2.45) is 11.8 Å². The molecule has 0 bridgehead atoms. The van der Waals surface area contributed by atoms with Crippen LogP contribution in [0.15, 0.2) is 0 Å². The first-order valence-electron chi connectivity index (χ1n) is 9.32. The fourth-order valence-corrected chi connectivity index (χ4v) is 3.37. The zero-order valence-electron chi connectivity index (χ0n) is 13.8. The van der Waals surface area contributed by atoms with Gasteiger partial charge in [0.15, 0.2) is 0 Å². The molecular weight excluding hydrogens is 240 g/mol. The van der Waals surface area contributed by atoms with Gasteiger partial charge in [0.05, 0.1) is 0 Å². The average Bonchev–Trinajstić information content (AvgIpc) is 3.20. The van der Waals surface area contributed by atoms with Crippen molar-refractivity contribution in [1.29, 1.82) is 0 Å². The molecule has 0 aromatic carbocycles. The van der Waals surface area contributed by atoms with E-state index in [1.165, 1.54) is 89.9 Å². The number of hydrogen-bond acceptors (Lipinski definition) is 0. The van der Waals surface area contributed by atoms with Gasteiger partial charge in [0.25, 0.3) is 0 Å². The van der Waals surface area contributed by atoms with Crippen LogP contribution in [0.1, 0.15) is 103 Å². The van der Waals surface area contributed by atoms with Crippen LogP contribution >= 0.6 is 0 Å². The lowest BCUT2D eigenvalue weighted by molar-refractivity contribution is 0.518. The predicted octanol–water partition coefficient (Wildman–Crippen LogP) is 6.74. The molecule has 0 N–H and O–H groups in total. The predicted molar refractivity (Wildman–Crippen MR) is 90.7 cm³/mol. The monoisotopic (exact) mass is 276 g/mol. The van der Waals surface area contributed by atoms with Crippen LogP contribution < -0.4 is 0 Å². The van der Waals surface area contributed by atoms with E-state index in [0.29, 0.717) is 0 Å². The molecule has 0 aromatic rings. The molecule has 20 heavy (non-hydrogen) atoms. The summed E-state index contributed by atoms with van der Waals surface area (Å²) in [4.78, 5) is 0. The summed E-state index contributed by atoms with van der Waals surface area (Å²) in [5, 5.41) is 0. The zero-order chi connectivity index (χ0) is 14.5. The van der Waals surface area contributed by atoms with Crippen molar-refractivity contribution in [2.45, 2.75) is 103 Å². The lowest BCUT2D eigenvalue weighted by Crippen LogP contribution is -1.86. The molecule has 1 fully saturated rings. The molecule has 1 saturated carbocycles. The molecule has 1 aliphatic carbocycles. The van der Waals surface area contributed by atoms with Crippen molar-refractivity contribution in [3.05, 3.63) is 0 Å². The third-order valence-electron chi connectivity index (χ3n) is 4.89. The summed E-state index contributed by atoms with van der Waals surface area (Å²) in [6, 6.07) is 0. The van der Waals surface area contributed by atoms with E-state index in [2.05, 4.69) is 12.8 Å². The molecule has 0 nitrogen and oxygen atoms in total. The Kier molecular flexibility index (Phi) is 10.8. The quantitative estimate of drug-likeness (QED) is 0.243. The van der Waals surface area contributed by atoms with Crippen molar-refractivity contribution in [3.8, 4) is 12.3 Å². The Balaban J connectivity index is 1.76. The van der Waals surface area contributed by atoms with Crippen LogP contribution in [0.3, 0.4) is 0 Å². The second kappa shape index (κ2) is 12.3. The molecule has 116 valence electrons. The van der Waals surface area contributed by atoms with Crippen LogP contribution in [0.2, 0.25) is 0 Å². The molecule has 0 aromatic heterocycles. The maximum Gasteiger partial charge on any atom is 0.00860 e. The van der Waals surface area contributed by atoms with E-state index >= 15 is 0 Å². The summed E-state index contributed by atoms with van der Waals surface area (Å²) >= 11 is 0. The van der Waals surface area contributed by atoms with E-state index < -0.39 is 0 Å². The number of terminal acetylenes is 1. The molecule has 0 saturated heterocycles. The van der Waals surface area contributed by atoms with E-state index in [-0.39, 0.29) is 0 Å². The van der Waals surface area contributed by atoms with E-state index in [0.717, 1.165) is 18.3 Å². The fourth-order valence-electron chi connectivity index (χ4n) is 3.37. The average molecular weight is 277 g/mol. The molecule has 0 heteroatoms. The van der Waals surface area contributed by atoms with E-state index in [9.17, 15) is 0 Å². The van der Waals surface area contributed by atoms with Crippen LogP contribution in [0.4, 0.5) is 0 Å². The summed E-state index contributed by atoms with van der Waals surface area (Å²) in [7, 11) is 0. The van der Waals surface area contributed by atoms with Gasteiger partial charge in [-0.25, -0.2) is 0 Å². The summed E-state index contributed by atoms with van der Waals surface area (Å²) < 4.78 is 0. The van der Waals surface area contributed by atoms with Crippen molar-refractivity contribution >= 4 is 0 Å². The van der Waals surface area contributed by atoms with Gasteiger partial charge in [0, 0.05) is 6.42 Å². The van der Waals surface area contributed by atoms with Gasteiger partial charge in [-0.3, -0.25) is 0 Å². The topological polar surface area (TPSA) is 0 Å². The van der Waals surface area contributed by atoms with Crippen LogP contribution in [-0.2, 0) is 0 Å². The number of rotatable bonds is 14. The van der Waals surface area contributed by atoms with Crippen molar-refractivity contribution in [3.63, 3.8) is 0 Å². The van der Waals surface area contributed by atoms with Gasteiger partial charge < -0.3 is 0 Å². The Morgan fingerprint density at radius 1 is 0.750 bits per heavy atom.